The molecule has 6 nitrogen and oxygen atoms in total. The monoisotopic (exact) mass is 550 g/mol. The minimum Gasteiger partial charge on any atom is -0.493 e. The molecule has 1 aromatic heterocycles. The van der Waals surface area contributed by atoms with Gasteiger partial charge in [0.05, 0.1) is 17.1 Å². The van der Waals surface area contributed by atoms with E-state index in [0.717, 1.165) is 35.6 Å². The van der Waals surface area contributed by atoms with Gasteiger partial charge in [0.1, 0.15) is 23.4 Å². The predicted octanol–water partition coefficient (Wildman–Crippen LogP) is 6.67. The van der Waals surface area contributed by atoms with E-state index in [0.29, 0.717) is 17.5 Å². The van der Waals surface area contributed by atoms with E-state index in [1.165, 1.54) is 36.5 Å². The number of sulfonamides is 1. The number of alkyl halides is 3. The number of thiazole rings is 1. The number of nitrogens with zero attached hydrogens (tertiary/aromatic N) is 1. The van der Waals surface area contributed by atoms with Gasteiger partial charge in [-0.05, 0) is 42.0 Å². The summed E-state index contributed by atoms with van der Waals surface area (Å²) in [5.41, 5.74) is 0.178. The second-order valence-corrected chi connectivity index (χ2v) is 10.7. The molecule has 1 aliphatic rings. The molecular weight excluding hydrogens is 532 g/mol. The lowest BCUT2D eigenvalue weighted by Gasteiger charge is -2.28. The normalized spacial score (nSPS) is 15.5. The van der Waals surface area contributed by atoms with Crippen LogP contribution in [0.4, 0.5) is 22.7 Å². The number of halogens is 4. The van der Waals surface area contributed by atoms with Crippen LogP contribution in [0.5, 0.6) is 11.5 Å². The summed E-state index contributed by atoms with van der Waals surface area (Å²) in [6.07, 6.45) is -3.35. The second kappa shape index (κ2) is 9.67. The summed E-state index contributed by atoms with van der Waals surface area (Å²) >= 11 is 1.13. The molecule has 1 N–H and O–H groups in total. The van der Waals surface area contributed by atoms with Gasteiger partial charge in [0.15, 0.2) is 5.13 Å². The number of benzene rings is 3. The van der Waals surface area contributed by atoms with Gasteiger partial charge in [-0.2, -0.15) is 13.2 Å². The van der Waals surface area contributed by atoms with Crippen molar-refractivity contribution in [3.63, 3.8) is 0 Å². The van der Waals surface area contributed by atoms with Crippen LogP contribution in [-0.2, 0) is 16.2 Å². The number of hydrogen-bond donors (Lipinski definition) is 1. The van der Waals surface area contributed by atoms with Crippen molar-refractivity contribution in [2.24, 2.45) is 0 Å². The Morgan fingerprint density at radius 2 is 1.84 bits per heavy atom. The van der Waals surface area contributed by atoms with Gasteiger partial charge >= 0.3 is 6.18 Å². The molecule has 0 fully saturated rings. The maximum atomic E-state index is 13.5. The minimum absolute atomic E-state index is 0.0383. The molecule has 0 bridgehead atoms. The van der Waals surface area contributed by atoms with Gasteiger partial charge in [-0.1, -0.05) is 18.2 Å². The van der Waals surface area contributed by atoms with Gasteiger partial charge in [0.25, 0.3) is 10.0 Å². The van der Waals surface area contributed by atoms with E-state index in [2.05, 4.69) is 9.71 Å². The number of nitrogens with one attached hydrogen (secondary N) is 1. The highest BCUT2D eigenvalue weighted by Gasteiger charge is 2.32. The summed E-state index contributed by atoms with van der Waals surface area (Å²) in [7, 11) is -3.92. The SMILES string of the molecule is O=S(=O)(Nc1nccs1)c1ccc2c(c1)OCC[C@H]2Oc1ccc(C(F)(F)F)cc1-c1ccc(F)cc1. The molecule has 0 radical (unpaired) electrons. The van der Waals surface area contributed by atoms with Crippen molar-refractivity contribution in [1.82, 2.24) is 4.98 Å². The third kappa shape index (κ3) is 5.39. The number of anilines is 1. The zero-order chi connectivity index (χ0) is 26.2. The van der Waals surface area contributed by atoms with E-state index >= 15 is 0 Å². The second-order valence-electron chi connectivity index (χ2n) is 8.10. The first-order valence-electron chi connectivity index (χ1n) is 10.9. The number of aromatic nitrogens is 1. The van der Waals surface area contributed by atoms with Gasteiger partial charge in [-0.15, -0.1) is 11.3 Å². The summed E-state index contributed by atoms with van der Waals surface area (Å²) in [6, 6.07) is 12.5. The van der Waals surface area contributed by atoms with Crippen molar-refractivity contribution < 1.29 is 35.5 Å². The Morgan fingerprint density at radius 3 is 2.54 bits per heavy atom. The predicted molar refractivity (Wildman–Crippen MR) is 130 cm³/mol. The average Bonchev–Trinajstić information content (AvgIpc) is 3.36. The highest BCUT2D eigenvalue weighted by atomic mass is 32.2. The van der Waals surface area contributed by atoms with Crippen molar-refractivity contribution in [2.45, 2.75) is 23.6 Å². The van der Waals surface area contributed by atoms with Crippen molar-refractivity contribution in [3.8, 4) is 22.6 Å². The van der Waals surface area contributed by atoms with Gasteiger partial charge in [-0.3, -0.25) is 4.72 Å². The van der Waals surface area contributed by atoms with Crippen LogP contribution >= 0.6 is 11.3 Å². The molecule has 0 saturated heterocycles. The smallest absolute Gasteiger partial charge is 0.416 e. The van der Waals surface area contributed by atoms with Crippen LogP contribution in [0.3, 0.4) is 0 Å². The zero-order valence-electron chi connectivity index (χ0n) is 18.8. The molecule has 1 aliphatic heterocycles. The van der Waals surface area contributed by atoms with Crippen LogP contribution in [0.25, 0.3) is 11.1 Å². The molecule has 5 rings (SSSR count). The number of rotatable bonds is 6. The number of hydrogen-bond acceptors (Lipinski definition) is 6. The van der Waals surface area contributed by atoms with E-state index in [4.69, 9.17) is 9.47 Å². The van der Waals surface area contributed by atoms with Crippen LogP contribution in [0, 0.1) is 5.82 Å². The fourth-order valence-electron chi connectivity index (χ4n) is 3.89. The average molecular weight is 551 g/mol. The van der Waals surface area contributed by atoms with Gasteiger partial charge < -0.3 is 9.47 Å². The summed E-state index contributed by atoms with van der Waals surface area (Å²) in [5.74, 6) is -0.0697. The number of fused-ring (bicyclic) bond motifs is 1. The van der Waals surface area contributed by atoms with Crippen LogP contribution in [0.15, 0.2) is 77.1 Å². The molecule has 0 unspecified atom stereocenters. The maximum Gasteiger partial charge on any atom is 0.416 e. The summed E-state index contributed by atoms with van der Waals surface area (Å²) in [4.78, 5) is 3.88. The van der Waals surface area contributed by atoms with Crippen LogP contribution in [-0.4, -0.2) is 20.0 Å². The quantitative estimate of drug-likeness (QED) is 0.271. The molecule has 0 aliphatic carbocycles. The Hall–Kier alpha value is -3.64. The maximum absolute atomic E-state index is 13.5. The van der Waals surface area contributed by atoms with Gasteiger partial charge in [0, 0.05) is 35.2 Å². The van der Waals surface area contributed by atoms with Crippen molar-refractivity contribution in [2.75, 3.05) is 11.3 Å². The summed E-state index contributed by atoms with van der Waals surface area (Å²) in [6.45, 7) is 0.202. The van der Waals surface area contributed by atoms with E-state index in [-0.39, 0.29) is 33.7 Å². The molecule has 37 heavy (non-hydrogen) atoms. The van der Waals surface area contributed by atoms with E-state index in [1.807, 2.05) is 0 Å². The lowest BCUT2D eigenvalue weighted by molar-refractivity contribution is -0.137. The first-order valence-corrected chi connectivity index (χ1v) is 13.3. The van der Waals surface area contributed by atoms with E-state index < -0.39 is 33.7 Å². The molecule has 0 saturated carbocycles. The molecule has 2 heterocycles. The Morgan fingerprint density at radius 1 is 1.05 bits per heavy atom. The third-order valence-corrected chi connectivity index (χ3v) is 7.82. The van der Waals surface area contributed by atoms with E-state index in [1.54, 1.807) is 11.4 Å². The van der Waals surface area contributed by atoms with Crippen LogP contribution < -0.4 is 14.2 Å². The number of ether oxygens (including phenoxy) is 2. The summed E-state index contributed by atoms with van der Waals surface area (Å²) in [5, 5.41) is 1.85. The fourth-order valence-corrected chi connectivity index (χ4v) is 5.70. The lowest BCUT2D eigenvalue weighted by atomic mass is 10.00. The van der Waals surface area contributed by atoms with Gasteiger partial charge in [-0.25, -0.2) is 17.8 Å². The largest absolute Gasteiger partial charge is 0.493 e. The molecular formula is C25H18F4N2O4S2. The van der Waals surface area contributed by atoms with Crippen LogP contribution in [0.2, 0.25) is 0 Å². The third-order valence-electron chi connectivity index (χ3n) is 5.67. The standard InChI is InChI=1S/C25H18F4N2O4S2/c26-17-4-1-15(2-5-17)20-13-16(25(27,28)29)3-8-21(20)35-22-9-11-34-23-14-18(6-7-19(22)23)37(32,33)31-24-30-10-12-36-24/h1-8,10,12-14,22H,9,11H2,(H,30,31)/t22-/m1/s1. The minimum atomic E-state index is -4.58. The molecule has 192 valence electrons. The van der Waals surface area contributed by atoms with Crippen molar-refractivity contribution in [1.29, 1.82) is 0 Å². The Labute approximate surface area is 213 Å². The highest BCUT2D eigenvalue weighted by molar-refractivity contribution is 7.93. The fraction of sp³-hybridized carbons (Fsp3) is 0.160. The molecule has 3 aromatic carbocycles. The first-order chi connectivity index (χ1) is 17.6. The molecule has 0 spiro atoms. The lowest BCUT2D eigenvalue weighted by Crippen LogP contribution is -2.20. The van der Waals surface area contributed by atoms with Crippen LogP contribution in [0.1, 0.15) is 23.7 Å². The molecule has 4 aromatic rings. The highest BCUT2D eigenvalue weighted by Crippen LogP contribution is 2.42. The molecule has 0 amide bonds. The summed E-state index contributed by atoms with van der Waals surface area (Å²) < 4.78 is 93.4. The zero-order valence-corrected chi connectivity index (χ0v) is 20.5. The van der Waals surface area contributed by atoms with Gasteiger partial charge in [0.2, 0.25) is 0 Å². The van der Waals surface area contributed by atoms with Crippen molar-refractivity contribution >= 4 is 26.5 Å². The first kappa shape index (κ1) is 25.0. The topological polar surface area (TPSA) is 77.5 Å². The Balaban J connectivity index is 1.47. The van der Waals surface area contributed by atoms with Crippen molar-refractivity contribution in [3.05, 3.63) is 89.2 Å². The molecule has 1 atom stereocenters. The Bertz CT molecular complexity index is 1520. The van der Waals surface area contributed by atoms with E-state index in [9.17, 15) is 26.0 Å². The molecule has 12 heteroatoms. The Kier molecular flexibility index (Phi) is 6.54.